The summed E-state index contributed by atoms with van der Waals surface area (Å²) < 4.78 is 36.9. The number of aromatic nitrogens is 1. The molecule has 2 rings (SSSR count). The summed E-state index contributed by atoms with van der Waals surface area (Å²) in [6.07, 6.45) is 3.80. The third-order valence-electron chi connectivity index (χ3n) is 2.90. The fourth-order valence-electron chi connectivity index (χ4n) is 1.66. The highest BCUT2D eigenvalue weighted by molar-refractivity contribution is 9.10. The Morgan fingerprint density at radius 1 is 1.08 bits per heavy atom. The summed E-state index contributed by atoms with van der Waals surface area (Å²) in [5.74, 6) is 0. The van der Waals surface area contributed by atoms with Crippen LogP contribution in [-0.2, 0) is 0 Å². The van der Waals surface area contributed by atoms with E-state index in [1.165, 1.54) is 5.69 Å². The van der Waals surface area contributed by atoms with E-state index in [0.29, 0.717) is 0 Å². The Morgan fingerprint density at radius 3 is 2.12 bits per heavy atom. The molecule has 130 valence electrons. The quantitative estimate of drug-likeness (QED) is 0.433. The first-order valence-electron chi connectivity index (χ1n) is 6.68. The number of pyridine rings is 1. The largest absolute Gasteiger partial charge is 0.378 e. The van der Waals surface area contributed by atoms with Crippen LogP contribution in [0.3, 0.4) is 0 Å². The molecule has 0 spiro atoms. The molecule has 0 atom stereocenters. The number of halogens is 2. The number of rotatable bonds is 3. The van der Waals surface area contributed by atoms with E-state index in [9.17, 15) is 0 Å². The van der Waals surface area contributed by atoms with E-state index in [-0.39, 0.29) is 0 Å². The van der Waals surface area contributed by atoms with E-state index < -0.39 is 10.2 Å². The summed E-state index contributed by atoms with van der Waals surface area (Å²) in [6.45, 7) is 2.02. The lowest BCUT2D eigenvalue weighted by Crippen LogP contribution is -2.68. The summed E-state index contributed by atoms with van der Waals surface area (Å²) in [5, 5.41) is 4.46. The Kier molecular flexibility index (Phi) is 7.74. The van der Waals surface area contributed by atoms with E-state index >= 15 is 0 Å². The maximum Gasteiger partial charge on any atom is 0.225 e. The molecule has 0 saturated heterocycles. The zero-order valence-electron chi connectivity index (χ0n) is 13.3. The van der Waals surface area contributed by atoms with Crippen molar-refractivity contribution >= 4 is 27.8 Å². The van der Waals surface area contributed by atoms with Crippen molar-refractivity contribution in [1.82, 2.24) is 0 Å². The predicted molar refractivity (Wildman–Crippen MR) is 82.8 cm³/mol. The van der Waals surface area contributed by atoms with Crippen LogP contribution in [-0.4, -0.2) is 20.3 Å². The van der Waals surface area contributed by atoms with Crippen molar-refractivity contribution in [2.24, 2.45) is 5.10 Å². The minimum absolute atomic E-state index is 1.05. The molecule has 0 fully saturated rings. The smallest absolute Gasteiger partial charge is 0.225 e. The van der Waals surface area contributed by atoms with Crippen LogP contribution in [0.4, 0.5) is 5.69 Å². The Balaban J connectivity index is 0.000000505. The first-order chi connectivity index (χ1) is 11.1. The van der Waals surface area contributed by atoms with Gasteiger partial charge >= 0.3 is 0 Å². The molecule has 0 bridgehead atoms. The maximum absolute atomic E-state index is 8.49. The molecule has 2 aromatic rings. The molecule has 7 nitrogen and oxygen atoms in total. The third kappa shape index (κ3) is 7.82. The molecule has 0 aliphatic carbocycles. The van der Waals surface area contributed by atoms with Crippen molar-refractivity contribution < 1.29 is 33.6 Å². The standard InChI is InChI=1S/C15H17BrN3.ClHO4/c1-12-15(16)5-4-10-19(12)17-11-13-6-8-14(9-7-13)18(2)3;2-1(3,4)5/h4-11H,1-3H3;(H,2,3,4,5)/q+1;/p-1. The van der Waals surface area contributed by atoms with Crippen LogP contribution in [0.25, 0.3) is 0 Å². The molecule has 1 heterocycles. The molecule has 0 N–H and O–H groups in total. The monoisotopic (exact) mass is 417 g/mol. The molecule has 0 unspecified atom stereocenters. The number of benzene rings is 1. The van der Waals surface area contributed by atoms with Gasteiger partial charge in [0, 0.05) is 32.8 Å². The minimum Gasteiger partial charge on any atom is -0.378 e. The molecule has 1 aromatic carbocycles. The highest BCUT2D eigenvalue weighted by Gasteiger charge is 2.07. The van der Waals surface area contributed by atoms with Gasteiger partial charge in [0.2, 0.25) is 11.9 Å². The molecular weight excluding hydrogens is 402 g/mol. The van der Waals surface area contributed by atoms with Crippen LogP contribution in [0.5, 0.6) is 0 Å². The van der Waals surface area contributed by atoms with Gasteiger partial charge in [0.25, 0.3) is 0 Å². The zero-order valence-corrected chi connectivity index (χ0v) is 15.7. The van der Waals surface area contributed by atoms with Gasteiger partial charge < -0.3 is 4.90 Å². The second-order valence-corrected chi connectivity index (χ2v) is 6.50. The van der Waals surface area contributed by atoms with Crippen molar-refractivity contribution in [2.45, 2.75) is 6.92 Å². The van der Waals surface area contributed by atoms with Crippen molar-refractivity contribution in [2.75, 3.05) is 19.0 Å². The third-order valence-corrected chi connectivity index (χ3v) is 3.74. The minimum atomic E-state index is -4.94. The van der Waals surface area contributed by atoms with Crippen LogP contribution in [0.2, 0.25) is 0 Å². The van der Waals surface area contributed by atoms with E-state index in [4.69, 9.17) is 18.6 Å². The Labute approximate surface area is 151 Å². The lowest BCUT2D eigenvalue weighted by molar-refractivity contribution is -2.00. The highest BCUT2D eigenvalue weighted by atomic mass is 79.9. The maximum atomic E-state index is 8.49. The number of nitrogens with zero attached hydrogens (tertiary/aromatic N) is 3. The van der Waals surface area contributed by atoms with Gasteiger partial charge in [0.15, 0.2) is 0 Å². The van der Waals surface area contributed by atoms with Gasteiger partial charge in [-0.15, -0.1) is 10.2 Å². The van der Waals surface area contributed by atoms with Crippen LogP contribution in [0.1, 0.15) is 11.3 Å². The van der Waals surface area contributed by atoms with Gasteiger partial charge in [-0.25, -0.2) is 18.6 Å². The SMILES string of the molecule is Cc1c(Br)ccc[n+]1N=Cc1ccc(N(C)C)cc1.[O-][Cl+3]([O-])([O-])[O-]. The van der Waals surface area contributed by atoms with Crippen LogP contribution in [0, 0.1) is 17.2 Å². The van der Waals surface area contributed by atoms with Crippen molar-refractivity contribution in [1.29, 1.82) is 0 Å². The molecule has 9 heteroatoms. The lowest BCUT2D eigenvalue weighted by atomic mass is 10.2. The highest BCUT2D eigenvalue weighted by Crippen LogP contribution is 2.11. The van der Waals surface area contributed by atoms with Gasteiger partial charge in [-0.2, -0.15) is 0 Å². The molecule has 0 radical (unpaired) electrons. The summed E-state index contributed by atoms with van der Waals surface area (Å²) in [6, 6.07) is 12.3. The van der Waals surface area contributed by atoms with E-state index in [0.717, 1.165) is 15.7 Å². The summed E-state index contributed by atoms with van der Waals surface area (Å²) in [5.41, 5.74) is 3.34. The Morgan fingerprint density at radius 2 is 1.62 bits per heavy atom. The number of hydrogen-bond acceptors (Lipinski definition) is 6. The molecule has 1 aromatic heterocycles. The van der Waals surface area contributed by atoms with Crippen LogP contribution < -0.4 is 28.2 Å². The fraction of sp³-hybridized carbons (Fsp3) is 0.200. The van der Waals surface area contributed by atoms with Gasteiger partial charge in [-0.1, -0.05) is 16.8 Å². The molecule has 0 saturated carbocycles. The Bertz CT molecular complexity index is 682. The average molecular weight is 419 g/mol. The van der Waals surface area contributed by atoms with Gasteiger partial charge in [0.1, 0.15) is 6.21 Å². The van der Waals surface area contributed by atoms with E-state index in [1.807, 2.05) is 50.2 Å². The van der Waals surface area contributed by atoms with Crippen molar-refractivity contribution in [3.63, 3.8) is 0 Å². The van der Waals surface area contributed by atoms with Gasteiger partial charge in [-0.3, -0.25) is 0 Å². The average Bonchev–Trinajstić information content (AvgIpc) is 2.47. The second kappa shape index (κ2) is 9.07. The number of anilines is 1. The lowest BCUT2D eigenvalue weighted by Gasteiger charge is -2.17. The van der Waals surface area contributed by atoms with E-state index in [1.54, 1.807) is 0 Å². The molecular formula is C15H17BrClN3O4. The normalized spacial score (nSPS) is 11.2. The fourth-order valence-corrected chi connectivity index (χ4v) is 2.00. The van der Waals surface area contributed by atoms with Crippen LogP contribution in [0.15, 0.2) is 52.2 Å². The van der Waals surface area contributed by atoms with E-state index in [2.05, 4.69) is 50.2 Å². The number of hydrogen-bond donors (Lipinski definition) is 0. The topological polar surface area (TPSA) is 112 Å². The van der Waals surface area contributed by atoms with Gasteiger partial charge in [0.05, 0.1) is 4.47 Å². The summed E-state index contributed by atoms with van der Waals surface area (Å²) in [7, 11) is -0.881. The molecule has 0 amide bonds. The first kappa shape index (κ1) is 20.5. The molecule has 24 heavy (non-hydrogen) atoms. The second-order valence-electron chi connectivity index (χ2n) is 4.89. The van der Waals surface area contributed by atoms with Crippen LogP contribution >= 0.6 is 15.9 Å². The Hall–Kier alpha value is -1.55. The summed E-state index contributed by atoms with van der Waals surface area (Å²) >= 11 is 3.50. The predicted octanol–water partition coefficient (Wildman–Crippen LogP) is -1.76. The first-order valence-corrected chi connectivity index (χ1v) is 8.71. The summed E-state index contributed by atoms with van der Waals surface area (Å²) in [4.78, 5) is 2.08. The van der Waals surface area contributed by atoms with Crippen molar-refractivity contribution in [3.05, 3.63) is 58.3 Å². The molecule has 0 aliphatic rings. The molecule has 0 aliphatic heterocycles. The zero-order chi connectivity index (χ0) is 18.3. The van der Waals surface area contributed by atoms with Crippen molar-refractivity contribution in [3.8, 4) is 0 Å². The van der Waals surface area contributed by atoms with Gasteiger partial charge in [-0.05, 0) is 44.8 Å².